The Bertz CT molecular complexity index is 537. The van der Waals surface area contributed by atoms with E-state index in [9.17, 15) is 0 Å². The second-order valence-electron chi connectivity index (χ2n) is 3.88. The summed E-state index contributed by atoms with van der Waals surface area (Å²) >= 11 is 1.81. The number of nitrogens with zero attached hydrogens (tertiary/aromatic N) is 2. The number of thioether (sulfide) groups is 1. The highest BCUT2D eigenvalue weighted by Crippen LogP contribution is 2.26. The second-order valence-corrected chi connectivity index (χ2v) is 5.53. The molecule has 2 aromatic rings. The van der Waals surface area contributed by atoms with Gasteiger partial charge in [0.25, 0.3) is 0 Å². The molecule has 0 aliphatic heterocycles. The smallest absolute Gasteiger partial charge is 0.184 e. The van der Waals surface area contributed by atoms with Gasteiger partial charge in [0.15, 0.2) is 11.5 Å². The monoisotopic (exact) mass is 244 g/mol. The van der Waals surface area contributed by atoms with Crippen LogP contribution in [-0.2, 0) is 0 Å². The SMILES string of the molecule is CC(C)Sc1ccc(-c2cc(C#N)no2)cc1. The summed E-state index contributed by atoms with van der Waals surface area (Å²) in [5.41, 5.74) is 1.24. The Kier molecular flexibility index (Phi) is 3.50. The molecule has 86 valence electrons. The zero-order valence-electron chi connectivity index (χ0n) is 9.68. The van der Waals surface area contributed by atoms with E-state index in [4.69, 9.17) is 9.78 Å². The normalized spacial score (nSPS) is 10.5. The van der Waals surface area contributed by atoms with Crippen molar-refractivity contribution in [3.8, 4) is 17.4 Å². The Morgan fingerprint density at radius 2 is 2.00 bits per heavy atom. The predicted octanol–water partition coefficient (Wildman–Crippen LogP) is 3.71. The van der Waals surface area contributed by atoms with Crippen LogP contribution in [0.4, 0.5) is 0 Å². The van der Waals surface area contributed by atoms with Gasteiger partial charge in [0, 0.05) is 21.8 Å². The third kappa shape index (κ3) is 2.89. The number of nitriles is 1. The molecule has 2 rings (SSSR count). The lowest BCUT2D eigenvalue weighted by atomic mass is 10.2. The molecule has 0 N–H and O–H groups in total. The molecule has 4 heteroatoms. The number of hydrogen-bond donors (Lipinski definition) is 0. The Morgan fingerprint density at radius 3 is 2.53 bits per heavy atom. The molecule has 0 spiro atoms. The molecule has 0 unspecified atom stereocenters. The zero-order valence-corrected chi connectivity index (χ0v) is 10.5. The first-order chi connectivity index (χ1) is 8.19. The van der Waals surface area contributed by atoms with Gasteiger partial charge in [-0.3, -0.25) is 0 Å². The number of hydrogen-bond acceptors (Lipinski definition) is 4. The minimum absolute atomic E-state index is 0.306. The average molecular weight is 244 g/mol. The van der Waals surface area contributed by atoms with Crippen LogP contribution in [0.25, 0.3) is 11.3 Å². The van der Waals surface area contributed by atoms with E-state index < -0.39 is 0 Å². The third-order valence-electron chi connectivity index (χ3n) is 2.14. The molecule has 0 aliphatic carbocycles. The van der Waals surface area contributed by atoms with Crippen molar-refractivity contribution in [2.75, 3.05) is 0 Å². The Balaban J connectivity index is 2.20. The van der Waals surface area contributed by atoms with Crippen LogP contribution in [0.3, 0.4) is 0 Å². The van der Waals surface area contributed by atoms with Gasteiger partial charge in [-0.05, 0) is 12.1 Å². The Labute approximate surface area is 104 Å². The molecule has 1 heterocycles. The molecule has 0 saturated carbocycles. The fourth-order valence-corrected chi connectivity index (χ4v) is 2.27. The van der Waals surface area contributed by atoms with Gasteiger partial charge in [-0.1, -0.05) is 31.1 Å². The van der Waals surface area contributed by atoms with Crippen LogP contribution >= 0.6 is 11.8 Å². The number of benzene rings is 1. The molecular formula is C13H12N2OS. The van der Waals surface area contributed by atoms with Crippen molar-refractivity contribution in [1.82, 2.24) is 5.16 Å². The summed E-state index contributed by atoms with van der Waals surface area (Å²) < 4.78 is 5.08. The van der Waals surface area contributed by atoms with Crippen LogP contribution in [0.2, 0.25) is 0 Å². The average Bonchev–Trinajstić information content (AvgIpc) is 2.78. The highest BCUT2D eigenvalue weighted by atomic mass is 32.2. The summed E-state index contributed by atoms with van der Waals surface area (Å²) in [7, 11) is 0. The maximum atomic E-state index is 8.67. The maximum absolute atomic E-state index is 8.67. The summed E-state index contributed by atoms with van der Waals surface area (Å²) in [6.07, 6.45) is 0. The van der Waals surface area contributed by atoms with Crippen molar-refractivity contribution in [1.29, 1.82) is 5.26 Å². The molecule has 3 nitrogen and oxygen atoms in total. The Hall–Kier alpha value is -1.73. The van der Waals surface area contributed by atoms with Gasteiger partial charge < -0.3 is 4.52 Å². The largest absolute Gasteiger partial charge is 0.355 e. The fraction of sp³-hybridized carbons (Fsp3) is 0.231. The van der Waals surface area contributed by atoms with E-state index in [1.807, 2.05) is 30.0 Å². The van der Waals surface area contributed by atoms with E-state index in [1.54, 1.807) is 6.07 Å². The first-order valence-corrected chi connectivity index (χ1v) is 6.21. The van der Waals surface area contributed by atoms with Crippen molar-refractivity contribution in [2.24, 2.45) is 0 Å². The number of rotatable bonds is 3. The van der Waals surface area contributed by atoms with Crippen molar-refractivity contribution < 1.29 is 4.52 Å². The van der Waals surface area contributed by atoms with E-state index in [0.717, 1.165) is 5.56 Å². The van der Waals surface area contributed by atoms with Gasteiger partial charge in [0.2, 0.25) is 0 Å². The molecule has 1 aromatic heterocycles. The van der Waals surface area contributed by atoms with E-state index in [-0.39, 0.29) is 0 Å². The molecule has 0 atom stereocenters. The lowest BCUT2D eigenvalue weighted by molar-refractivity contribution is 0.430. The molecule has 0 aliphatic rings. The highest BCUT2D eigenvalue weighted by Gasteiger charge is 2.06. The summed E-state index contributed by atoms with van der Waals surface area (Å²) in [4.78, 5) is 1.23. The highest BCUT2D eigenvalue weighted by molar-refractivity contribution is 7.99. The molecule has 0 fully saturated rings. The van der Waals surface area contributed by atoms with Gasteiger partial charge in [-0.25, -0.2) is 0 Å². The summed E-state index contributed by atoms with van der Waals surface area (Å²) in [6, 6.07) is 11.6. The first kappa shape index (κ1) is 11.7. The van der Waals surface area contributed by atoms with Crippen molar-refractivity contribution in [3.63, 3.8) is 0 Å². The topological polar surface area (TPSA) is 49.8 Å². The van der Waals surface area contributed by atoms with Crippen LogP contribution in [0, 0.1) is 11.3 Å². The van der Waals surface area contributed by atoms with E-state index in [2.05, 4.69) is 31.1 Å². The zero-order chi connectivity index (χ0) is 12.3. The lowest BCUT2D eigenvalue weighted by Gasteiger charge is -2.04. The van der Waals surface area contributed by atoms with Crippen LogP contribution in [0.5, 0.6) is 0 Å². The minimum Gasteiger partial charge on any atom is -0.355 e. The molecule has 0 bridgehead atoms. The third-order valence-corrected chi connectivity index (χ3v) is 3.15. The Morgan fingerprint density at radius 1 is 1.29 bits per heavy atom. The summed E-state index contributed by atoms with van der Waals surface area (Å²) in [5, 5.41) is 12.9. The van der Waals surface area contributed by atoms with Crippen LogP contribution in [0.1, 0.15) is 19.5 Å². The molecule has 1 aromatic carbocycles. The van der Waals surface area contributed by atoms with Gasteiger partial charge in [-0.15, -0.1) is 11.8 Å². The first-order valence-electron chi connectivity index (χ1n) is 5.33. The van der Waals surface area contributed by atoms with Gasteiger partial charge in [-0.2, -0.15) is 5.26 Å². The van der Waals surface area contributed by atoms with Crippen molar-refractivity contribution in [2.45, 2.75) is 24.0 Å². The summed E-state index contributed by atoms with van der Waals surface area (Å²) in [5.74, 6) is 0.627. The van der Waals surface area contributed by atoms with Gasteiger partial charge in [0.1, 0.15) is 6.07 Å². The molecule has 0 radical (unpaired) electrons. The molecule has 0 saturated heterocycles. The fourth-order valence-electron chi connectivity index (χ4n) is 1.43. The number of aromatic nitrogens is 1. The van der Waals surface area contributed by atoms with Crippen molar-refractivity contribution in [3.05, 3.63) is 36.0 Å². The summed E-state index contributed by atoms with van der Waals surface area (Å²) in [6.45, 7) is 4.32. The second kappa shape index (κ2) is 5.07. The van der Waals surface area contributed by atoms with E-state index >= 15 is 0 Å². The van der Waals surface area contributed by atoms with Gasteiger partial charge >= 0.3 is 0 Å². The molecule has 17 heavy (non-hydrogen) atoms. The van der Waals surface area contributed by atoms with E-state index in [1.165, 1.54) is 4.90 Å². The van der Waals surface area contributed by atoms with Crippen LogP contribution in [0.15, 0.2) is 39.8 Å². The molecule has 0 amide bonds. The van der Waals surface area contributed by atoms with Crippen LogP contribution in [-0.4, -0.2) is 10.4 Å². The predicted molar refractivity (Wildman–Crippen MR) is 67.6 cm³/mol. The van der Waals surface area contributed by atoms with Crippen LogP contribution < -0.4 is 0 Å². The van der Waals surface area contributed by atoms with Crippen molar-refractivity contribution >= 4 is 11.8 Å². The standard InChI is InChI=1S/C13H12N2OS/c1-9(2)17-12-5-3-10(4-6-12)13-7-11(8-14)15-16-13/h3-7,9H,1-2H3. The lowest BCUT2D eigenvalue weighted by Crippen LogP contribution is -1.85. The van der Waals surface area contributed by atoms with E-state index in [0.29, 0.717) is 16.7 Å². The molecular weight excluding hydrogens is 232 g/mol. The quantitative estimate of drug-likeness (QED) is 0.772. The maximum Gasteiger partial charge on any atom is 0.184 e. The van der Waals surface area contributed by atoms with Gasteiger partial charge in [0.05, 0.1) is 0 Å². The minimum atomic E-state index is 0.306.